The molecule has 0 aromatic heterocycles. The molecule has 0 bridgehead atoms. The highest BCUT2D eigenvalue weighted by Crippen LogP contribution is 2.52. The normalized spacial score (nSPS) is 34.6. The number of allylic oxidation sites excluding steroid dienone is 3. The number of hydrogen-bond donors (Lipinski definition) is 0. The number of carbonyl (C=O) groups excluding carboxylic acids is 2. The van der Waals surface area contributed by atoms with E-state index in [1.807, 2.05) is 32.9 Å². The highest BCUT2D eigenvalue weighted by Gasteiger charge is 2.66. The third-order valence-corrected chi connectivity index (χ3v) is 4.37. The summed E-state index contributed by atoms with van der Waals surface area (Å²) in [5, 5.41) is 0. The van der Waals surface area contributed by atoms with Crippen molar-refractivity contribution in [2.24, 2.45) is 17.3 Å². The minimum Gasteiger partial charge on any atom is -0.468 e. The molecule has 1 aliphatic heterocycles. The van der Waals surface area contributed by atoms with E-state index < -0.39 is 17.4 Å². The summed E-state index contributed by atoms with van der Waals surface area (Å²) in [4.78, 5) is 24.5. The number of fused-ring (bicyclic) bond motifs is 1. The quantitative estimate of drug-likeness (QED) is 0.450. The summed E-state index contributed by atoms with van der Waals surface area (Å²) < 4.78 is 10.4. The molecule has 2 aliphatic rings. The summed E-state index contributed by atoms with van der Waals surface area (Å²) in [6.45, 7) is 5.95. The van der Waals surface area contributed by atoms with Crippen LogP contribution in [-0.4, -0.2) is 25.2 Å². The van der Waals surface area contributed by atoms with E-state index in [9.17, 15) is 9.59 Å². The van der Waals surface area contributed by atoms with Crippen LogP contribution in [0.2, 0.25) is 0 Å². The van der Waals surface area contributed by atoms with Gasteiger partial charge >= 0.3 is 11.9 Å². The number of cyclic esters (lactones) is 1. The lowest BCUT2D eigenvalue weighted by Gasteiger charge is -2.26. The van der Waals surface area contributed by atoms with Crippen LogP contribution in [0.4, 0.5) is 0 Å². The number of rotatable bonds is 4. The zero-order valence-corrected chi connectivity index (χ0v) is 12.5. The standard InChI is InChI=1S/C16H22O4/c1-10(2)6-5-7-13-12-9-8-11(3)16(12,14(17)19-4)15(18)20-13/h6,8-9,11-13H,5,7H2,1-4H3/t11-,12-,13-,16-/m0/s1. The third kappa shape index (κ3) is 2.07. The van der Waals surface area contributed by atoms with Gasteiger partial charge in [-0.2, -0.15) is 0 Å². The smallest absolute Gasteiger partial charge is 0.325 e. The molecule has 0 spiro atoms. The number of carbonyl (C=O) groups is 2. The molecule has 4 nitrogen and oxygen atoms in total. The highest BCUT2D eigenvalue weighted by molar-refractivity contribution is 6.03. The van der Waals surface area contributed by atoms with E-state index >= 15 is 0 Å². The third-order valence-electron chi connectivity index (χ3n) is 4.37. The number of ether oxygens (including phenoxy) is 2. The van der Waals surface area contributed by atoms with Gasteiger partial charge < -0.3 is 9.47 Å². The summed E-state index contributed by atoms with van der Waals surface area (Å²) in [7, 11) is 1.32. The Kier molecular flexibility index (Phi) is 4.02. The molecule has 0 N–H and O–H groups in total. The topological polar surface area (TPSA) is 52.6 Å². The molecule has 1 aliphatic carbocycles. The van der Waals surface area contributed by atoms with Crippen molar-refractivity contribution in [3.05, 3.63) is 23.8 Å². The Morgan fingerprint density at radius 3 is 2.75 bits per heavy atom. The minimum absolute atomic E-state index is 0.180. The van der Waals surface area contributed by atoms with Crippen LogP contribution in [-0.2, 0) is 19.1 Å². The van der Waals surface area contributed by atoms with E-state index in [0.29, 0.717) is 0 Å². The Hall–Kier alpha value is -1.58. The van der Waals surface area contributed by atoms with Crippen molar-refractivity contribution in [1.82, 2.24) is 0 Å². The Labute approximate surface area is 119 Å². The first-order chi connectivity index (χ1) is 9.44. The van der Waals surface area contributed by atoms with Gasteiger partial charge in [-0.25, -0.2) is 0 Å². The van der Waals surface area contributed by atoms with Gasteiger partial charge in [-0.05, 0) is 26.7 Å². The van der Waals surface area contributed by atoms with Crippen molar-refractivity contribution < 1.29 is 19.1 Å². The second kappa shape index (κ2) is 5.43. The van der Waals surface area contributed by atoms with Crippen molar-refractivity contribution in [3.63, 3.8) is 0 Å². The predicted octanol–water partition coefficient (Wildman–Crippen LogP) is 2.64. The van der Waals surface area contributed by atoms with E-state index in [1.54, 1.807) is 0 Å². The van der Waals surface area contributed by atoms with Gasteiger partial charge in [0.2, 0.25) is 0 Å². The van der Waals surface area contributed by atoms with E-state index in [4.69, 9.17) is 9.47 Å². The molecule has 0 amide bonds. The fourth-order valence-electron chi connectivity index (χ4n) is 3.29. The monoisotopic (exact) mass is 278 g/mol. The lowest BCUT2D eigenvalue weighted by Crippen LogP contribution is -2.44. The molecule has 0 aromatic carbocycles. The van der Waals surface area contributed by atoms with Crippen LogP contribution in [0.25, 0.3) is 0 Å². The largest absolute Gasteiger partial charge is 0.468 e. The molecule has 0 unspecified atom stereocenters. The first kappa shape index (κ1) is 14.8. The first-order valence-electron chi connectivity index (χ1n) is 7.05. The molecule has 0 radical (unpaired) electrons. The first-order valence-corrected chi connectivity index (χ1v) is 7.05. The molecule has 0 saturated carbocycles. The molecule has 4 atom stereocenters. The molecule has 20 heavy (non-hydrogen) atoms. The second-order valence-corrected chi connectivity index (χ2v) is 5.86. The molecular formula is C16H22O4. The van der Waals surface area contributed by atoms with Crippen molar-refractivity contribution in [3.8, 4) is 0 Å². The van der Waals surface area contributed by atoms with E-state index in [-0.39, 0.29) is 17.9 Å². The molecule has 4 heteroatoms. The van der Waals surface area contributed by atoms with Crippen molar-refractivity contribution >= 4 is 11.9 Å². The molecule has 2 rings (SSSR count). The maximum Gasteiger partial charge on any atom is 0.325 e. The van der Waals surface area contributed by atoms with Gasteiger partial charge in [0.15, 0.2) is 5.41 Å². The second-order valence-electron chi connectivity index (χ2n) is 5.86. The Morgan fingerprint density at radius 2 is 2.15 bits per heavy atom. The lowest BCUT2D eigenvalue weighted by molar-refractivity contribution is -0.166. The molecule has 1 heterocycles. The van der Waals surface area contributed by atoms with Crippen LogP contribution >= 0.6 is 0 Å². The zero-order chi connectivity index (χ0) is 14.9. The fraction of sp³-hybridized carbons (Fsp3) is 0.625. The average Bonchev–Trinajstić information content (AvgIpc) is 2.87. The summed E-state index contributed by atoms with van der Waals surface area (Å²) >= 11 is 0. The van der Waals surface area contributed by atoms with Gasteiger partial charge in [0.1, 0.15) is 6.10 Å². The SMILES string of the molecule is COC(=O)[C@@]12C(=O)O[C@@H](CCC=C(C)C)[C@@H]1C=C[C@@H]2C. The van der Waals surface area contributed by atoms with E-state index in [1.165, 1.54) is 12.7 Å². The van der Waals surface area contributed by atoms with Crippen LogP contribution in [0.15, 0.2) is 23.8 Å². The van der Waals surface area contributed by atoms with Gasteiger partial charge in [-0.1, -0.05) is 30.7 Å². The molecule has 110 valence electrons. The number of methoxy groups -OCH3 is 1. The average molecular weight is 278 g/mol. The van der Waals surface area contributed by atoms with Gasteiger partial charge in [0, 0.05) is 11.8 Å². The number of hydrogen-bond acceptors (Lipinski definition) is 4. The van der Waals surface area contributed by atoms with Gasteiger partial charge in [-0.15, -0.1) is 0 Å². The summed E-state index contributed by atoms with van der Waals surface area (Å²) in [5.74, 6) is -1.30. The molecule has 1 saturated heterocycles. The maximum absolute atomic E-state index is 12.3. The van der Waals surface area contributed by atoms with Crippen molar-refractivity contribution in [2.75, 3.05) is 7.11 Å². The molecular weight excluding hydrogens is 256 g/mol. The Balaban J connectivity index is 2.22. The highest BCUT2D eigenvalue weighted by atomic mass is 16.6. The van der Waals surface area contributed by atoms with Crippen LogP contribution in [0.1, 0.15) is 33.6 Å². The van der Waals surface area contributed by atoms with Crippen molar-refractivity contribution in [1.29, 1.82) is 0 Å². The summed E-state index contributed by atoms with van der Waals surface area (Å²) in [6.07, 6.45) is 7.33. The van der Waals surface area contributed by atoms with E-state index in [2.05, 4.69) is 6.08 Å². The molecule has 0 aromatic rings. The lowest BCUT2D eigenvalue weighted by atomic mass is 9.71. The van der Waals surface area contributed by atoms with Crippen molar-refractivity contribution in [2.45, 2.75) is 39.7 Å². The van der Waals surface area contributed by atoms with Crippen LogP contribution < -0.4 is 0 Å². The van der Waals surface area contributed by atoms with Gasteiger partial charge in [-0.3, -0.25) is 9.59 Å². The fourth-order valence-corrected chi connectivity index (χ4v) is 3.29. The van der Waals surface area contributed by atoms with Crippen LogP contribution in [0, 0.1) is 17.3 Å². The maximum atomic E-state index is 12.3. The Morgan fingerprint density at radius 1 is 1.45 bits per heavy atom. The van der Waals surface area contributed by atoms with Gasteiger partial charge in [0.25, 0.3) is 0 Å². The van der Waals surface area contributed by atoms with Gasteiger partial charge in [0.05, 0.1) is 7.11 Å². The number of esters is 2. The van der Waals surface area contributed by atoms with E-state index in [0.717, 1.165) is 12.8 Å². The van der Waals surface area contributed by atoms with Crippen LogP contribution in [0.5, 0.6) is 0 Å². The minimum atomic E-state index is -1.16. The van der Waals surface area contributed by atoms with Crippen LogP contribution in [0.3, 0.4) is 0 Å². The zero-order valence-electron chi connectivity index (χ0n) is 12.5. The predicted molar refractivity (Wildman–Crippen MR) is 74.8 cm³/mol. The summed E-state index contributed by atoms with van der Waals surface area (Å²) in [5.41, 5.74) is 0.0774. The summed E-state index contributed by atoms with van der Waals surface area (Å²) in [6, 6.07) is 0. The Bertz CT molecular complexity index is 473. The molecule has 1 fully saturated rings.